The van der Waals surface area contributed by atoms with Crippen LogP contribution < -0.4 is 14.8 Å². The monoisotopic (exact) mass is 502 g/mol. The number of amides is 1. The number of nitrogens with one attached hydrogen (secondary N) is 1. The highest BCUT2D eigenvalue weighted by Crippen LogP contribution is 2.44. The molecule has 162 valence electrons. The van der Waals surface area contributed by atoms with Crippen molar-refractivity contribution in [2.45, 2.75) is 6.61 Å². The van der Waals surface area contributed by atoms with Crippen molar-refractivity contribution in [3.63, 3.8) is 0 Å². The van der Waals surface area contributed by atoms with E-state index in [4.69, 9.17) is 44.9 Å². The fourth-order valence-electron chi connectivity index (χ4n) is 3.11. The van der Waals surface area contributed by atoms with E-state index in [9.17, 15) is 4.79 Å². The fourth-order valence-corrected chi connectivity index (χ4v) is 4.55. The molecule has 2 aromatic carbocycles. The molecule has 1 N–H and O–H groups in total. The predicted molar refractivity (Wildman–Crippen MR) is 133 cm³/mol. The van der Waals surface area contributed by atoms with Crippen LogP contribution in [0.5, 0.6) is 11.5 Å². The van der Waals surface area contributed by atoms with Crippen LogP contribution in [0, 0.1) is 0 Å². The maximum atomic E-state index is 12.1. The molecule has 0 aliphatic carbocycles. The van der Waals surface area contributed by atoms with Gasteiger partial charge >= 0.3 is 0 Å². The van der Waals surface area contributed by atoms with Gasteiger partial charge in [0.2, 0.25) is 0 Å². The van der Waals surface area contributed by atoms with Crippen LogP contribution in [0.4, 0.5) is 0 Å². The maximum absolute atomic E-state index is 12.1. The van der Waals surface area contributed by atoms with Crippen LogP contribution in [0.1, 0.15) is 11.3 Å². The van der Waals surface area contributed by atoms with Gasteiger partial charge in [-0.3, -0.25) is 9.78 Å². The summed E-state index contributed by atoms with van der Waals surface area (Å²) in [6, 6.07) is 14.5. The van der Waals surface area contributed by atoms with Crippen LogP contribution in [-0.4, -0.2) is 22.3 Å². The molecule has 1 saturated heterocycles. The Bertz CT molecular complexity index is 1230. The summed E-state index contributed by atoms with van der Waals surface area (Å²) in [7, 11) is 1.55. The number of carbonyl (C=O) groups excluding carboxylic acids is 1. The predicted octanol–water partition coefficient (Wildman–Crippen LogP) is 6.13. The molecule has 1 aliphatic rings. The number of rotatable bonds is 6. The van der Waals surface area contributed by atoms with Gasteiger partial charge < -0.3 is 14.8 Å². The third-order valence-corrected chi connectivity index (χ3v) is 6.27. The Morgan fingerprint density at radius 2 is 2.00 bits per heavy atom. The highest BCUT2D eigenvalue weighted by molar-refractivity contribution is 8.26. The number of methoxy groups -OCH3 is 1. The number of thiocarbonyl (C=S) groups is 1. The van der Waals surface area contributed by atoms with E-state index in [1.54, 1.807) is 43.6 Å². The molecule has 0 bridgehead atoms. The molecular formula is C23H16Cl2N2O3S2. The Morgan fingerprint density at radius 3 is 2.69 bits per heavy atom. The lowest BCUT2D eigenvalue weighted by atomic mass is 10.0. The first kappa shape index (κ1) is 22.6. The molecule has 0 atom stereocenters. The number of halogens is 2. The molecule has 4 rings (SSSR count). The number of thioether (sulfide) groups is 1. The van der Waals surface area contributed by atoms with Crippen molar-refractivity contribution in [3.05, 3.63) is 80.9 Å². The molecule has 0 saturated carbocycles. The van der Waals surface area contributed by atoms with E-state index in [0.29, 0.717) is 41.9 Å². The average molecular weight is 503 g/mol. The van der Waals surface area contributed by atoms with Crippen LogP contribution in [0.25, 0.3) is 17.2 Å². The molecule has 0 unspecified atom stereocenters. The number of aromatic nitrogens is 1. The van der Waals surface area contributed by atoms with Gasteiger partial charge in [-0.05, 0) is 54.1 Å². The fraction of sp³-hybridized carbons (Fsp3) is 0.0870. The van der Waals surface area contributed by atoms with Crippen molar-refractivity contribution in [2.24, 2.45) is 0 Å². The van der Waals surface area contributed by atoms with Crippen molar-refractivity contribution in [2.75, 3.05) is 7.11 Å². The molecule has 1 fully saturated rings. The summed E-state index contributed by atoms with van der Waals surface area (Å²) in [4.78, 5) is 16.9. The van der Waals surface area contributed by atoms with Gasteiger partial charge in [0.05, 0.1) is 17.7 Å². The second kappa shape index (κ2) is 9.92. The van der Waals surface area contributed by atoms with E-state index in [1.165, 1.54) is 11.8 Å². The molecule has 5 nitrogen and oxygen atoms in total. The van der Waals surface area contributed by atoms with Gasteiger partial charge in [0, 0.05) is 27.4 Å². The zero-order valence-corrected chi connectivity index (χ0v) is 19.9. The standard InChI is InChI=1S/C23H16Cl2N2O3S2/c1-29-19-9-13(10-20-22(28)27-23(31)32-20)8-17(16-11-14(24)5-6-18(16)25)21(19)30-12-15-4-2-3-7-26-15/h2-11H,12H2,1H3,(H,27,28,31)/b20-10-. The van der Waals surface area contributed by atoms with Gasteiger partial charge in [0.1, 0.15) is 10.9 Å². The zero-order valence-electron chi connectivity index (χ0n) is 16.7. The third-order valence-electron chi connectivity index (χ3n) is 4.55. The molecule has 9 heteroatoms. The van der Waals surface area contributed by atoms with Crippen LogP contribution >= 0.6 is 47.2 Å². The Balaban J connectivity index is 1.84. The molecule has 0 radical (unpaired) electrons. The van der Waals surface area contributed by atoms with Crippen LogP contribution in [0.3, 0.4) is 0 Å². The zero-order chi connectivity index (χ0) is 22.7. The highest BCUT2D eigenvalue weighted by Gasteiger charge is 2.23. The van der Waals surface area contributed by atoms with Crippen LogP contribution in [-0.2, 0) is 11.4 Å². The van der Waals surface area contributed by atoms with Crippen molar-refractivity contribution in [1.29, 1.82) is 0 Å². The molecule has 32 heavy (non-hydrogen) atoms. The number of ether oxygens (including phenoxy) is 2. The van der Waals surface area contributed by atoms with E-state index in [0.717, 1.165) is 11.3 Å². The Hall–Kier alpha value is -2.58. The summed E-state index contributed by atoms with van der Waals surface area (Å²) in [6.07, 6.45) is 3.45. The largest absolute Gasteiger partial charge is 0.493 e. The minimum Gasteiger partial charge on any atom is -0.493 e. The number of carbonyl (C=O) groups is 1. The summed E-state index contributed by atoms with van der Waals surface area (Å²) in [5, 5.41) is 3.64. The number of nitrogens with zero attached hydrogens (tertiary/aromatic N) is 1. The van der Waals surface area contributed by atoms with E-state index >= 15 is 0 Å². The van der Waals surface area contributed by atoms with Gasteiger partial charge in [-0.1, -0.05) is 53.2 Å². The quantitative estimate of drug-likeness (QED) is 0.323. The highest BCUT2D eigenvalue weighted by atomic mass is 35.5. The Kier molecular flexibility index (Phi) is 7.01. The SMILES string of the molecule is COc1cc(/C=C2\SC(=S)NC2=O)cc(-c2cc(Cl)ccc2Cl)c1OCc1ccccn1. The van der Waals surface area contributed by atoms with E-state index in [1.807, 2.05) is 24.3 Å². The lowest BCUT2D eigenvalue weighted by Crippen LogP contribution is -2.17. The van der Waals surface area contributed by atoms with Crippen molar-refractivity contribution < 1.29 is 14.3 Å². The van der Waals surface area contributed by atoms with Gasteiger partial charge in [-0.15, -0.1) is 0 Å². The van der Waals surface area contributed by atoms with E-state index < -0.39 is 0 Å². The minimum absolute atomic E-state index is 0.231. The molecule has 1 aromatic heterocycles. The summed E-state index contributed by atoms with van der Waals surface area (Å²) in [6.45, 7) is 0.231. The molecule has 1 amide bonds. The van der Waals surface area contributed by atoms with Crippen molar-refractivity contribution in [3.8, 4) is 22.6 Å². The molecule has 0 spiro atoms. The molecule has 1 aliphatic heterocycles. The first-order chi connectivity index (χ1) is 15.4. The second-order valence-corrected chi connectivity index (χ2v) is 9.25. The average Bonchev–Trinajstić information content (AvgIpc) is 3.11. The number of hydrogen-bond donors (Lipinski definition) is 1. The topological polar surface area (TPSA) is 60.5 Å². The summed E-state index contributed by atoms with van der Waals surface area (Å²) in [5.41, 5.74) is 2.83. The van der Waals surface area contributed by atoms with Gasteiger partial charge in [-0.2, -0.15) is 0 Å². The number of hydrogen-bond acceptors (Lipinski definition) is 6. The van der Waals surface area contributed by atoms with E-state index in [-0.39, 0.29) is 12.5 Å². The maximum Gasteiger partial charge on any atom is 0.263 e. The molecule has 2 heterocycles. The first-order valence-corrected chi connectivity index (χ1v) is 11.4. The van der Waals surface area contributed by atoms with Gasteiger partial charge in [-0.25, -0.2) is 0 Å². The lowest BCUT2D eigenvalue weighted by Gasteiger charge is -2.17. The minimum atomic E-state index is -0.239. The summed E-state index contributed by atoms with van der Waals surface area (Å²) in [5.74, 6) is 0.729. The Morgan fingerprint density at radius 1 is 1.16 bits per heavy atom. The number of pyridine rings is 1. The number of benzene rings is 2. The van der Waals surface area contributed by atoms with Crippen molar-refractivity contribution >= 4 is 63.5 Å². The van der Waals surface area contributed by atoms with E-state index in [2.05, 4.69) is 10.3 Å². The lowest BCUT2D eigenvalue weighted by molar-refractivity contribution is -0.115. The van der Waals surface area contributed by atoms with Crippen LogP contribution in [0.2, 0.25) is 10.0 Å². The van der Waals surface area contributed by atoms with Gasteiger partial charge in [0.15, 0.2) is 11.5 Å². The first-order valence-electron chi connectivity index (χ1n) is 9.39. The smallest absolute Gasteiger partial charge is 0.263 e. The molecule has 3 aromatic rings. The van der Waals surface area contributed by atoms with Crippen LogP contribution in [0.15, 0.2) is 59.6 Å². The third kappa shape index (κ3) is 5.07. The molecular weight excluding hydrogens is 487 g/mol. The summed E-state index contributed by atoms with van der Waals surface area (Å²) < 4.78 is 12.2. The normalized spacial score (nSPS) is 14.5. The van der Waals surface area contributed by atoms with Gasteiger partial charge in [0.25, 0.3) is 5.91 Å². The Labute approximate surface area is 204 Å². The summed E-state index contributed by atoms with van der Waals surface area (Å²) >= 11 is 19.1. The van der Waals surface area contributed by atoms with Crippen molar-refractivity contribution in [1.82, 2.24) is 10.3 Å². The second-order valence-electron chi connectivity index (χ2n) is 6.69.